The Morgan fingerprint density at radius 1 is 1.33 bits per heavy atom. The number of benzene rings is 1. The van der Waals surface area contributed by atoms with Crippen LogP contribution in [-0.4, -0.2) is 17.6 Å². The summed E-state index contributed by atoms with van der Waals surface area (Å²) in [7, 11) is 0. The number of hydrogen-bond acceptors (Lipinski definition) is 5. The predicted molar refractivity (Wildman–Crippen MR) is 83.6 cm³/mol. The van der Waals surface area contributed by atoms with Crippen molar-refractivity contribution >= 4 is 23.2 Å². The molecule has 0 unspecified atom stereocenters. The topological polar surface area (TPSA) is 77.2 Å². The largest absolute Gasteiger partial charge is 0.462 e. The lowest BCUT2D eigenvalue weighted by Crippen LogP contribution is -2.06. The van der Waals surface area contributed by atoms with Crippen molar-refractivity contribution in [1.82, 2.24) is 4.98 Å². The first-order chi connectivity index (χ1) is 10.2. The van der Waals surface area contributed by atoms with E-state index in [1.54, 1.807) is 36.5 Å². The van der Waals surface area contributed by atoms with E-state index < -0.39 is 0 Å². The molecule has 5 nitrogen and oxygen atoms in total. The van der Waals surface area contributed by atoms with E-state index in [9.17, 15) is 4.79 Å². The van der Waals surface area contributed by atoms with Crippen LogP contribution >= 0.6 is 0 Å². The smallest absolute Gasteiger partial charge is 0.338 e. The number of nitrogens with zero attached hydrogens (tertiary/aromatic N) is 1. The standard InChI is InChI=1S/C16H19N3O2/c1-2-3-9-21-16(20)12-5-4-6-14(10-12)19-15-8-7-13(17)11-18-15/h4-8,10-11H,2-3,9,17H2,1H3,(H,18,19). The minimum Gasteiger partial charge on any atom is -0.462 e. The fraction of sp³-hybridized carbons (Fsp3) is 0.250. The van der Waals surface area contributed by atoms with Crippen LogP contribution in [0.4, 0.5) is 17.2 Å². The fourth-order valence-corrected chi connectivity index (χ4v) is 1.74. The van der Waals surface area contributed by atoms with Crippen LogP contribution in [-0.2, 0) is 4.74 Å². The van der Waals surface area contributed by atoms with Gasteiger partial charge in [-0.3, -0.25) is 0 Å². The average Bonchev–Trinajstić information content (AvgIpc) is 2.50. The van der Waals surface area contributed by atoms with Crippen LogP contribution in [0.5, 0.6) is 0 Å². The van der Waals surface area contributed by atoms with Gasteiger partial charge in [0.1, 0.15) is 5.82 Å². The molecule has 0 spiro atoms. The number of pyridine rings is 1. The third kappa shape index (κ3) is 4.49. The Balaban J connectivity index is 2.03. The van der Waals surface area contributed by atoms with Crippen LogP contribution in [0.2, 0.25) is 0 Å². The number of esters is 1. The van der Waals surface area contributed by atoms with E-state index in [4.69, 9.17) is 10.5 Å². The summed E-state index contributed by atoms with van der Waals surface area (Å²) < 4.78 is 5.19. The molecule has 21 heavy (non-hydrogen) atoms. The molecule has 2 aromatic rings. The van der Waals surface area contributed by atoms with Crippen LogP contribution in [0.1, 0.15) is 30.1 Å². The van der Waals surface area contributed by atoms with E-state index in [-0.39, 0.29) is 5.97 Å². The number of carbonyl (C=O) groups is 1. The molecule has 0 saturated carbocycles. The molecule has 0 aliphatic carbocycles. The van der Waals surface area contributed by atoms with Crippen LogP contribution in [0, 0.1) is 0 Å². The number of aromatic nitrogens is 1. The van der Waals surface area contributed by atoms with Gasteiger partial charge in [0.25, 0.3) is 0 Å². The van der Waals surface area contributed by atoms with Gasteiger partial charge in [-0.05, 0) is 36.8 Å². The number of nitrogen functional groups attached to an aromatic ring is 1. The maximum absolute atomic E-state index is 11.9. The van der Waals surface area contributed by atoms with E-state index in [2.05, 4.69) is 17.2 Å². The lowest BCUT2D eigenvalue weighted by Gasteiger charge is -2.08. The molecule has 0 atom stereocenters. The number of unbranched alkanes of at least 4 members (excludes halogenated alkanes) is 1. The molecule has 0 aliphatic rings. The van der Waals surface area contributed by atoms with Crippen molar-refractivity contribution in [3.8, 4) is 0 Å². The lowest BCUT2D eigenvalue weighted by molar-refractivity contribution is 0.0500. The number of ether oxygens (including phenoxy) is 1. The summed E-state index contributed by atoms with van der Waals surface area (Å²) in [6, 6.07) is 10.7. The average molecular weight is 285 g/mol. The first kappa shape index (κ1) is 14.8. The molecule has 0 aliphatic heterocycles. The molecule has 0 bridgehead atoms. The molecule has 0 fully saturated rings. The molecule has 1 aromatic heterocycles. The molecule has 2 rings (SSSR count). The van der Waals surface area contributed by atoms with Gasteiger partial charge in [-0.25, -0.2) is 9.78 Å². The van der Waals surface area contributed by atoms with Crippen LogP contribution in [0.25, 0.3) is 0 Å². The zero-order valence-electron chi connectivity index (χ0n) is 12.0. The summed E-state index contributed by atoms with van der Waals surface area (Å²) in [6.45, 7) is 2.50. The van der Waals surface area contributed by atoms with Gasteiger partial charge in [0.05, 0.1) is 24.1 Å². The van der Waals surface area contributed by atoms with Crippen LogP contribution in [0.15, 0.2) is 42.6 Å². The molecule has 110 valence electrons. The molecular formula is C16H19N3O2. The normalized spacial score (nSPS) is 10.1. The minimum absolute atomic E-state index is 0.308. The third-order valence-electron chi connectivity index (χ3n) is 2.89. The zero-order valence-corrected chi connectivity index (χ0v) is 12.0. The van der Waals surface area contributed by atoms with Crippen molar-refractivity contribution in [2.75, 3.05) is 17.7 Å². The second-order valence-corrected chi connectivity index (χ2v) is 4.67. The SMILES string of the molecule is CCCCOC(=O)c1cccc(Nc2ccc(N)cn2)c1. The van der Waals surface area contributed by atoms with Gasteiger partial charge in [0, 0.05) is 5.69 Å². The number of nitrogens with two attached hydrogens (primary N) is 1. The Bertz CT molecular complexity index is 597. The monoisotopic (exact) mass is 285 g/mol. The Morgan fingerprint density at radius 2 is 2.19 bits per heavy atom. The first-order valence-corrected chi connectivity index (χ1v) is 6.95. The summed E-state index contributed by atoms with van der Waals surface area (Å²) >= 11 is 0. The highest BCUT2D eigenvalue weighted by molar-refractivity contribution is 5.90. The third-order valence-corrected chi connectivity index (χ3v) is 2.89. The second-order valence-electron chi connectivity index (χ2n) is 4.67. The number of carbonyl (C=O) groups excluding carboxylic acids is 1. The number of nitrogens with one attached hydrogen (secondary N) is 1. The van der Waals surface area contributed by atoms with Gasteiger partial charge >= 0.3 is 5.97 Å². The Hall–Kier alpha value is -2.56. The minimum atomic E-state index is -0.308. The number of rotatable bonds is 6. The first-order valence-electron chi connectivity index (χ1n) is 6.95. The summed E-state index contributed by atoms with van der Waals surface area (Å²) in [5.41, 5.74) is 7.49. The lowest BCUT2D eigenvalue weighted by atomic mass is 10.2. The highest BCUT2D eigenvalue weighted by Gasteiger charge is 2.07. The van der Waals surface area contributed by atoms with Gasteiger partial charge < -0.3 is 15.8 Å². The highest BCUT2D eigenvalue weighted by atomic mass is 16.5. The fourth-order valence-electron chi connectivity index (χ4n) is 1.74. The van der Waals surface area contributed by atoms with Crippen molar-refractivity contribution < 1.29 is 9.53 Å². The number of anilines is 3. The molecule has 1 heterocycles. The van der Waals surface area contributed by atoms with Gasteiger partial charge in [-0.15, -0.1) is 0 Å². The van der Waals surface area contributed by atoms with E-state index in [0.717, 1.165) is 18.5 Å². The maximum Gasteiger partial charge on any atom is 0.338 e. The van der Waals surface area contributed by atoms with Gasteiger partial charge in [0.2, 0.25) is 0 Å². The van der Waals surface area contributed by atoms with E-state index >= 15 is 0 Å². The summed E-state index contributed by atoms with van der Waals surface area (Å²) in [5.74, 6) is 0.359. The summed E-state index contributed by atoms with van der Waals surface area (Å²) in [4.78, 5) is 16.0. The van der Waals surface area contributed by atoms with Crippen molar-refractivity contribution in [2.45, 2.75) is 19.8 Å². The summed E-state index contributed by atoms with van der Waals surface area (Å²) in [6.07, 6.45) is 3.45. The van der Waals surface area contributed by atoms with Crippen molar-refractivity contribution in [1.29, 1.82) is 0 Å². The molecule has 0 saturated heterocycles. The molecule has 5 heteroatoms. The quantitative estimate of drug-likeness (QED) is 0.628. The van der Waals surface area contributed by atoms with Crippen molar-refractivity contribution in [2.24, 2.45) is 0 Å². The second kappa shape index (κ2) is 7.28. The van der Waals surface area contributed by atoms with Gasteiger partial charge in [-0.2, -0.15) is 0 Å². The van der Waals surface area contributed by atoms with E-state index in [0.29, 0.717) is 23.7 Å². The Labute approximate surface area is 124 Å². The van der Waals surface area contributed by atoms with Gasteiger partial charge in [-0.1, -0.05) is 19.4 Å². The van der Waals surface area contributed by atoms with Crippen molar-refractivity contribution in [3.63, 3.8) is 0 Å². The highest BCUT2D eigenvalue weighted by Crippen LogP contribution is 2.17. The Morgan fingerprint density at radius 3 is 2.90 bits per heavy atom. The molecule has 1 aromatic carbocycles. The predicted octanol–water partition coefficient (Wildman–Crippen LogP) is 3.36. The van der Waals surface area contributed by atoms with E-state index in [1.807, 2.05) is 6.07 Å². The molecule has 0 amide bonds. The Kier molecular flexibility index (Phi) is 5.15. The van der Waals surface area contributed by atoms with E-state index in [1.165, 1.54) is 0 Å². The summed E-state index contributed by atoms with van der Waals surface area (Å²) in [5, 5.41) is 3.12. The maximum atomic E-state index is 11.9. The van der Waals surface area contributed by atoms with Gasteiger partial charge in [0.15, 0.2) is 0 Å². The van der Waals surface area contributed by atoms with Crippen molar-refractivity contribution in [3.05, 3.63) is 48.2 Å². The molecule has 0 radical (unpaired) electrons. The van der Waals surface area contributed by atoms with Crippen LogP contribution in [0.3, 0.4) is 0 Å². The zero-order chi connectivity index (χ0) is 15.1. The number of hydrogen-bond donors (Lipinski definition) is 2. The molecule has 3 N–H and O–H groups in total. The molecular weight excluding hydrogens is 266 g/mol. The van der Waals surface area contributed by atoms with Crippen LogP contribution < -0.4 is 11.1 Å².